The van der Waals surface area contributed by atoms with Crippen molar-refractivity contribution in [2.24, 2.45) is 5.92 Å². The highest BCUT2D eigenvalue weighted by Crippen LogP contribution is 2.29. The van der Waals surface area contributed by atoms with Crippen molar-refractivity contribution in [3.63, 3.8) is 0 Å². The molecule has 0 spiro atoms. The maximum absolute atomic E-state index is 9.85. The molecule has 0 radical (unpaired) electrons. The zero-order valence-corrected chi connectivity index (χ0v) is 9.37. The van der Waals surface area contributed by atoms with Crippen LogP contribution in [0.2, 0.25) is 0 Å². The molecule has 0 aromatic heterocycles. The molecule has 0 heterocycles. The van der Waals surface area contributed by atoms with Crippen LogP contribution in [0.4, 0.5) is 0 Å². The molecule has 0 aliphatic heterocycles. The molecule has 1 rings (SSSR count). The van der Waals surface area contributed by atoms with E-state index in [0.29, 0.717) is 5.92 Å². The van der Waals surface area contributed by atoms with Gasteiger partial charge in [-0.25, -0.2) is 0 Å². The zero-order valence-electron chi connectivity index (χ0n) is 9.37. The standard InChI is InChI=1S/C12H24O2/c1-2-9-14-10-5-8-12(13)11-6-3-4-7-11/h11-13H,2-10H2,1H3. The fourth-order valence-electron chi connectivity index (χ4n) is 2.22. The molecule has 0 aromatic rings. The van der Waals surface area contributed by atoms with Crippen LogP contribution in [0, 0.1) is 5.92 Å². The van der Waals surface area contributed by atoms with Crippen LogP contribution in [0.1, 0.15) is 51.9 Å². The molecule has 14 heavy (non-hydrogen) atoms. The first kappa shape index (κ1) is 12.0. The summed E-state index contributed by atoms with van der Waals surface area (Å²) in [4.78, 5) is 0. The van der Waals surface area contributed by atoms with E-state index in [4.69, 9.17) is 4.74 Å². The molecule has 1 fully saturated rings. The van der Waals surface area contributed by atoms with E-state index in [1.54, 1.807) is 0 Å². The zero-order chi connectivity index (χ0) is 10.2. The van der Waals surface area contributed by atoms with Gasteiger partial charge in [0.25, 0.3) is 0 Å². The summed E-state index contributed by atoms with van der Waals surface area (Å²) >= 11 is 0. The van der Waals surface area contributed by atoms with E-state index in [0.717, 1.165) is 32.5 Å². The molecule has 0 bridgehead atoms. The van der Waals surface area contributed by atoms with Gasteiger partial charge in [-0.15, -0.1) is 0 Å². The van der Waals surface area contributed by atoms with Crippen LogP contribution in [-0.4, -0.2) is 24.4 Å². The Hall–Kier alpha value is -0.0800. The summed E-state index contributed by atoms with van der Waals surface area (Å²) in [5.41, 5.74) is 0. The minimum atomic E-state index is -0.0669. The van der Waals surface area contributed by atoms with Gasteiger partial charge in [0.2, 0.25) is 0 Å². The van der Waals surface area contributed by atoms with Crippen LogP contribution in [-0.2, 0) is 4.74 Å². The third-order valence-corrected chi connectivity index (χ3v) is 3.08. The van der Waals surface area contributed by atoms with Crippen molar-refractivity contribution in [2.75, 3.05) is 13.2 Å². The molecule has 1 N–H and O–H groups in total. The Bertz CT molecular complexity index is 130. The quantitative estimate of drug-likeness (QED) is 0.640. The van der Waals surface area contributed by atoms with Crippen LogP contribution < -0.4 is 0 Å². The molecule has 1 unspecified atom stereocenters. The lowest BCUT2D eigenvalue weighted by Gasteiger charge is -2.17. The van der Waals surface area contributed by atoms with E-state index in [1.807, 2.05) is 0 Å². The summed E-state index contributed by atoms with van der Waals surface area (Å²) in [6.07, 6.45) is 8.05. The summed E-state index contributed by atoms with van der Waals surface area (Å²) < 4.78 is 5.38. The first-order valence-corrected chi connectivity index (χ1v) is 6.10. The van der Waals surface area contributed by atoms with Crippen LogP contribution >= 0.6 is 0 Å². The van der Waals surface area contributed by atoms with Crippen LogP contribution in [0.5, 0.6) is 0 Å². The largest absolute Gasteiger partial charge is 0.393 e. The Morgan fingerprint density at radius 1 is 1.29 bits per heavy atom. The van der Waals surface area contributed by atoms with Crippen molar-refractivity contribution >= 4 is 0 Å². The van der Waals surface area contributed by atoms with Gasteiger partial charge in [-0.3, -0.25) is 0 Å². The number of hydrogen-bond donors (Lipinski definition) is 1. The van der Waals surface area contributed by atoms with E-state index in [1.165, 1.54) is 25.7 Å². The summed E-state index contributed by atoms with van der Waals surface area (Å²) in [5.74, 6) is 0.584. The normalized spacial score (nSPS) is 20.1. The highest BCUT2D eigenvalue weighted by atomic mass is 16.5. The summed E-state index contributed by atoms with van der Waals surface area (Å²) in [6, 6.07) is 0. The predicted molar refractivity (Wildman–Crippen MR) is 58.3 cm³/mol. The van der Waals surface area contributed by atoms with Gasteiger partial charge in [-0.1, -0.05) is 19.8 Å². The number of aliphatic hydroxyl groups excluding tert-OH is 1. The first-order chi connectivity index (χ1) is 6.84. The number of hydrogen-bond acceptors (Lipinski definition) is 2. The van der Waals surface area contributed by atoms with Crippen molar-refractivity contribution in [2.45, 2.75) is 58.0 Å². The van der Waals surface area contributed by atoms with E-state index in [-0.39, 0.29) is 6.10 Å². The number of ether oxygens (including phenoxy) is 1. The second-order valence-corrected chi connectivity index (χ2v) is 4.37. The molecule has 0 aromatic carbocycles. The van der Waals surface area contributed by atoms with Gasteiger partial charge in [0.1, 0.15) is 0 Å². The van der Waals surface area contributed by atoms with Crippen molar-refractivity contribution < 1.29 is 9.84 Å². The maximum atomic E-state index is 9.85. The fourth-order valence-corrected chi connectivity index (χ4v) is 2.22. The molecule has 2 heteroatoms. The Kier molecular flexibility index (Phi) is 6.20. The maximum Gasteiger partial charge on any atom is 0.0569 e. The smallest absolute Gasteiger partial charge is 0.0569 e. The summed E-state index contributed by atoms with van der Waals surface area (Å²) in [7, 11) is 0. The van der Waals surface area contributed by atoms with Gasteiger partial charge in [0.05, 0.1) is 6.10 Å². The first-order valence-electron chi connectivity index (χ1n) is 6.10. The SMILES string of the molecule is CCCOCCCC(O)C1CCCC1. The molecule has 1 aliphatic rings. The van der Waals surface area contributed by atoms with E-state index in [2.05, 4.69) is 6.92 Å². The summed E-state index contributed by atoms with van der Waals surface area (Å²) in [6.45, 7) is 3.80. The fraction of sp³-hybridized carbons (Fsp3) is 1.00. The molecular weight excluding hydrogens is 176 g/mol. The minimum Gasteiger partial charge on any atom is -0.393 e. The monoisotopic (exact) mass is 200 g/mol. The molecule has 84 valence electrons. The highest BCUT2D eigenvalue weighted by Gasteiger charge is 2.22. The topological polar surface area (TPSA) is 29.5 Å². The van der Waals surface area contributed by atoms with Gasteiger partial charge in [0, 0.05) is 13.2 Å². The number of aliphatic hydroxyl groups is 1. The lowest BCUT2D eigenvalue weighted by molar-refractivity contribution is 0.0772. The van der Waals surface area contributed by atoms with E-state index >= 15 is 0 Å². The lowest BCUT2D eigenvalue weighted by atomic mass is 9.97. The van der Waals surface area contributed by atoms with Gasteiger partial charge in [-0.05, 0) is 38.0 Å². The van der Waals surface area contributed by atoms with Gasteiger partial charge < -0.3 is 9.84 Å². The van der Waals surface area contributed by atoms with E-state index < -0.39 is 0 Å². The third-order valence-electron chi connectivity index (χ3n) is 3.08. The average molecular weight is 200 g/mol. The second kappa shape index (κ2) is 7.24. The van der Waals surface area contributed by atoms with E-state index in [9.17, 15) is 5.11 Å². The van der Waals surface area contributed by atoms with Gasteiger partial charge in [-0.2, -0.15) is 0 Å². The Morgan fingerprint density at radius 2 is 2.00 bits per heavy atom. The summed E-state index contributed by atoms with van der Waals surface area (Å²) in [5, 5.41) is 9.85. The van der Waals surface area contributed by atoms with Crippen molar-refractivity contribution in [1.82, 2.24) is 0 Å². The molecule has 1 atom stereocenters. The van der Waals surface area contributed by atoms with Crippen LogP contribution in [0.25, 0.3) is 0 Å². The van der Waals surface area contributed by atoms with Crippen molar-refractivity contribution in [3.05, 3.63) is 0 Å². The molecule has 1 saturated carbocycles. The molecule has 2 nitrogen and oxygen atoms in total. The Morgan fingerprint density at radius 3 is 2.64 bits per heavy atom. The average Bonchev–Trinajstić information content (AvgIpc) is 2.70. The molecule has 0 amide bonds. The van der Waals surface area contributed by atoms with Gasteiger partial charge in [0.15, 0.2) is 0 Å². The lowest BCUT2D eigenvalue weighted by Crippen LogP contribution is -2.18. The van der Waals surface area contributed by atoms with Gasteiger partial charge >= 0.3 is 0 Å². The Balaban J connectivity index is 1.94. The third kappa shape index (κ3) is 4.43. The number of rotatable bonds is 7. The Labute approximate surface area is 87.7 Å². The molecule has 1 aliphatic carbocycles. The molecular formula is C12H24O2. The van der Waals surface area contributed by atoms with Crippen LogP contribution in [0.3, 0.4) is 0 Å². The molecule has 0 saturated heterocycles. The second-order valence-electron chi connectivity index (χ2n) is 4.37. The van der Waals surface area contributed by atoms with Crippen LogP contribution in [0.15, 0.2) is 0 Å². The predicted octanol–water partition coefficient (Wildman–Crippen LogP) is 2.74. The highest BCUT2D eigenvalue weighted by molar-refractivity contribution is 4.74. The van der Waals surface area contributed by atoms with Crippen molar-refractivity contribution in [1.29, 1.82) is 0 Å². The minimum absolute atomic E-state index is 0.0669. The van der Waals surface area contributed by atoms with Crippen molar-refractivity contribution in [3.8, 4) is 0 Å².